The first-order valence-corrected chi connectivity index (χ1v) is 11.9. The number of hydrogen-bond donors (Lipinski definition) is 2. The molecule has 2 fully saturated rings. The maximum absolute atomic E-state index is 13.1. The van der Waals surface area contributed by atoms with Gasteiger partial charge >= 0.3 is 0 Å². The van der Waals surface area contributed by atoms with E-state index in [-0.39, 0.29) is 12.2 Å². The molecule has 2 atom stereocenters. The van der Waals surface area contributed by atoms with Crippen LogP contribution >= 0.6 is 27.3 Å². The van der Waals surface area contributed by atoms with E-state index in [4.69, 9.17) is 9.57 Å². The molecule has 1 amide bonds. The smallest absolute Gasteiger partial charge is 0.245 e. The molecule has 10 heteroatoms. The molecule has 1 aromatic rings. The lowest BCUT2D eigenvalue weighted by Crippen LogP contribution is -2.43. The van der Waals surface area contributed by atoms with Crippen LogP contribution in [0.4, 0.5) is 0 Å². The Balaban J connectivity index is 1.78. The standard InChI is InChI=1S/C16H23BrN2O5S2/c17-13-5-4-12(25-13)16(6-7-18-8-10-26(16,21)22)11-14(20)19-24-15-3-1-2-9-23-15/h4-5,15,18H,1-3,6-11H2,(H,19,20). The first kappa shape index (κ1) is 20.2. The predicted octanol–water partition coefficient (Wildman–Crippen LogP) is 2.08. The van der Waals surface area contributed by atoms with Crippen LogP contribution in [0.25, 0.3) is 0 Å². The highest BCUT2D eigenvalue weighted by atomic mass is 79.9. The molecule has 3 rings (SSSR count). The minimum atomic E-state index is -3.52. The normalized spacial score (nSPS) is 29.0. The zero-order valence-corrected chi connectivity index (χ0v) is 17.6. The Bertz CT molecular complexity index is 733. The summed E-state index contributed by atoms with van der Waals surface area (Å²) in [5.74, 6) is -0.447. The zero-order chi connectivity index (χ0) is 18.6. The minimum Gasteiger partial charge on any atom is -0.350 e. The molecule has 0 aliphatic carbocycles. The highest BCUT2D eigenvalue weighted by Crippen LogP contribution is 2.43. The second-order valence-electron chi connectivity index (χ2n) is 6.53. The van der Waals surface area contributed by atoms with Crippen molar-refractivity contribution in [3.63, 3.8) is 0 Å². The van der Waals surface area contributed by atoms with Gasteiger partial charge < -0.3 is 10.1 Å². The third-order valence-electron chi connectivity index (χ3n) is 4.76. The minimum absolute atomic E-state index is 0.00237. The van der Waals surface area contributed by atoms with Crippen LogP contribution in [0, 0.1) is 0 Å². The summed E-state index contributed by atoms with van der Waals surface area (Å²) in [6, 6.07) is 3.61. The Labute approximate surface area is 165 Å². The highest BCUT2D eigenvalue weighted by Gasteiger charge is 2.48. The summed E-state index contributed by atoms with van der Waals surface area (Å²) in [5, 5.41) is 3.12. The Hall–Kier alpha value is -0.520. The lowest BCUT2D eigenvalue weighted by Gasteiger charge is -2.31. The summed E-state index contributed by atoms with van der Waals surface area (Å²) in [6.45, 7) is 1.53. The van der Waals surface area contributed by atoms with Crippen LogP contribution in [0.1, 0.15) is 37.0 Å². The second kappa shape index (κ2) is 8.66. The Morgan fingerprint density at radius 2 is 2.27 bits per heavy atom. The van der Waals surface area contributed by atoms with Crippen LogP contribution in [0.3, 0.4) is 0 Å². The van der Waals surface area contributed by atoms with Crippen molar-refractivity contribution in [2.75, 3.05) is 25.4 Å². The van der Waals surface area contributed by atoms with Crippen LogP contribution in [0.5, 0.6) is 0 Å². The van der Waals surface area contributed by atoms with Gasteiger partial charge in [-0.25, -0.2) is 18.7 Å². The number of amides is 1. The molecule has 1 aromatic heterocycles. The number of thiophene rings is 1. The summed E-state index contributed by atoms with van der Waals surface area (Å²) in [7, 11) is -3.52. The van der Waals surface area contributed by atoms with Gasteiger partial charge in [-0.15, -0.1) is 11.3 Å². The van der Waals surface area contributed by atoms with Crippen molar-refractivity contribution in [2.24, 2.45) is 0 Å². The van der Waals surface area contributed by atoms with E-state index in [9.17, 15) is 13.2 Å². The molecule has 2 N–H and O–H groups in total. The van der Waals surface area contributed by atoms with Crippen molar-refractivity contribution in [1.82, 2.24) is 10.8 Å². The molecule has 26 heavy (non-hydrogen) atoms. The quantitative estimate of drug-likeness (QED) is 0.645. The number of ether oxygens (including phenoxy) is 1. The van der Waals surface area contributed by atoms with Crippen molar-refractivity contribution in [1.29, 1.82) is 0 Å². The number of rotatable bonds is 5. The number of carbonyl (C=O) groups is 1. The summed E-state index contributed by atoms with van der Waals surface area (Å²) < 4.78 is 31.2. The van der Waals surface area contributed by atoms with Crippen LogP contribution in [0.15, 0.2) is 15.9 Å². The van der Waals surface area contributed by atoms with Gasteiger partial charge in [-0.05, 0) is 53.9 Å². The number of nitrogens with one attached hydrogen (secondary N) is 2. The molecule has 0 aromatic carbocycles. The first-order valence-electron chi connectivity index (χ1n) is 8.68. The molecule has 0 saturated carbocycles. The number of carbonyl (C=O) groups excluding carboxylic acids is 1. The topological polar surface area (TPSA) is 93.7 Å². The monoisotopic (exact) mass is 466 g/mol. The average molecular weight is 467 g/mol. The van der Waals surface area contributed by atoms with Gasteiger partial charge in [0.15, 0.2) is 16.1 Å². The fourth-order valence-corrected chi connectivity index (χ4v) is 7.27. The van der Waals surface area contributed by atoms with Crippen molar-refractivity contribution in [3.05, 3.63) is 20.8 Å². The maximum atomic E-state index is 13.1. The van der Waals surface area contributed by atoms with Gasteiger partial charge in [0.25, 0.3) is 0 Å². The Morgan fingerprint density at radius 1 is 1.42 bits per heavy atom. The highest BCUT2D eigenvalue weighted by molar-refractivity contribution is 9.11. The third-order valence-corrected chi connectivity index (χ3v) is 9.22. The van der Waals surface area contributed by atoms with Gasteiger partial charge in [-0.1, -0.05) is 0 Å². The van der Waals surface area contributed by atoms with Crippen LogP contribution in [-0.2, 0) is 29.0 Å². The van der Waals surface area contributed by atoms with Crippen LogP contribution in [-0.4, -0.2) is 46.1 Å². The Kier molecular flexibility index (Phi) is 6.73. The van der Waals surface area contributed by atoms with Crippen molar-refractivity contribution < 1.29 is 22.8 Å². The molecule has 2 saturated heterocycles. The van der Waals surface area contributed by atoms with E-state index in [0.29, 0.717) is 37.4 Å². The lowest BCUT2D eigenvalue weighted by atomic mass is 9.97. The van der Waals surface area contributed by atoms with Gasteiger partial charge in [-0.3, -0.25) is 4.79 Å². The maximum Gasteiger partial charge on any atom is 0.245 e. The van der Waals surface area contributed by atoms with Crippen molar-refractivity contribution in [2.45, 2.75) is 43.1 Å². The molecule has 7 nitrogen and oxygen atoms in total. The molecule has 0 radical (unpaired) electrons. The molecule has 3 heterocycles. The largest absolute Gasteiger partial charge is 0.350 e. The molecule has 146 valence electrons. The number of halogens is 1. The van der Waals surface area contributed by atoms with Gasteiger partial charge in [0.05, 0.1) is 16.0 Å². The molecule has 0 spiro atoms. The number of hydroxylamine groups is 1. The van der Waals surface area contributed by atoms with Crippen molar-refractivity contribution in [3.8, 4) is 0 Å². The fraction of sp³-hybridized carbons (Fsp3) is 0.688. The summed E-state index contributed by atoms with van der Waals surface area (Å²) in [5.41, 5.74) is 2.40. The van der Waals surface area contributed by atoms with Gasteiger partial charge in [0.1, 0.15) is 4.75 Å². The molecular formula is C16H23BrN2O5S2. The summed E-state index contributed by atoms with van der Waals surface area (Å²) >= 11 is 4.75. The van der Waals surface area contributed by atoms with E-state index in [2.05, 4.69) is 26.7 Å². The summed E-state index contributed by atoms with van der Waals surface area (Å²) in [6.07, 6.45) is 2.38. The zero-order valence-electron chi connectivity index (χ0n) is 14.3. The van der Waals surface area contributed by atoms with Crippen LogP contribution in [0.2, 0.25) is 0 Å². The Morgan fingerprint density at radius 3 is 2.96 bits per heavy atom. The van der Waals surface area contributed by atoms with Crippen LogP contribution < -0.4 is 10.8 Å². The van der Waals surface area contributed by atoms with E-state index in [1.165, 1.54) is 11.3 Å². The lowest BCUT2D eigenvalue weighted by molar-refractivity contribution is -0.200. The fourth-order valence-electron chi connectivity index (χ4n) is 3.32. The van der Waals surface area contributed by atoms with E-state index in [1.54, 1.807) is 6.07 Å². The average Bonchev–Trinajstić information content (AvgIpc) is 2.99. The molecule has 2 unspecified atom stereocenters. The summed E-state index contributed by atoms with van der Waals surface area (Å²) in [4.78, 5) is 18.6. The number of hydrogen-bond acceptors (Lipinski definition) is 7. The predicted molar refractivity (Wildman–Crippen MR) is 102 cm³/mol. The van der Waals surface area contributed by atoms with E-state index < -0.39 is 26.8 Å². The molecule has 2 aliphatic heterocycles. The van der Waals surface area contributed by atoms with E-state index in [1.807, 2.05) is 6.07 Å². The van der Waals surface area contributed by atoms with E-state index >= 15 is 0 Å². The van der Waals surface area contributed by atoms with Gasteiger partial charge in [-0.2, -0.15) is 0 Å². The molecule has 0 bridgehead atoms. The second-order valence-corrected chi connectivity index (χ2v) is 11.4. The third kappa shape index (κ3) is 4.48. The number of sulfone groups is 1. The van der Waals surface area contributed by atoms with Gasteiger partial charge in [0, 0.05) is 24.4 Å². The SMILES string of the molecule is O=C(CC1(c2ccc(Br)s2)CCNCCS1(=O)=O)NOC1CCCCO1. The molecule has 2 aliphatic rings. The first-order chi connectivity index (χ1) is 12.4. The van der Waals surface area contributed by atoms with Crippen molar-refractivity contribution >= 4 is 43.0 Å². The van der Waals surface area contributed by atoms with Gasteiger partial charge in [0.2, 0.25) is 5.91 Å². The molecular weight excluding hydrogens is 444 g/mol. The van der Waals surface area contributed by atoms with E-state index in [0.717, 1.165) is 16.6 Å².